The average Bonchev–Trinajstić information content (AvgIpc) is 2.12. The summed E-state index contributed by atoms with van der Waals surface area (Å²) in [5, 5.41) is 0. The molecule has 2 unspecified atom stereocenters. The maximum Gasteiger partial charge on any atom is 0.132 e. The van der Waals surface area contributed by atoms with Crippen molar-refractivity contribution in [3.8, 4) is 0 Å². The Morgan fingerprint density at radius 3 is 2.75 bits per heavy atom. The van der Waals surface area contributed by atoms with Gasteiger partial charge in [-0.2, -0.15) is 0 Å². The van der Waals surface area contributed by atoms with Crippen LogP contribution in [0.5, 0.6) is 0 Å². The van der Waals surface area contributed by atoms with Crippen LogP contribution in [0.3, 0.4) is 0 Å². The Kier molecular flexibility index (Phi) is 2.02. The van der Waals surface area contributed by atoms with Crippen molar-refractivity contribution in [3.63, 3.8) is 0 Å². The molecule has 0 N–H and O–H groups in total. The molecule has 0 aliphatic carbocycles. The van der Waals surface area contributed by atoms with Crippen molar-refractivity contribution in [1.29, 1.82) is 0 Å². The summed E-state index contributed by atoms with van der Waals surface area (Å²) in [5.74, 6) is 0. The third-order valence-corrected chi connectivity index (χ3v) is 2.37. The van der Waals surface area contributed by atoms with Crippen LogP contribution in [0, 0.1) is 0 Å². The minimum absolute atomic E-state index is 0.0370. The van der Waals surface area contributed by atoms with Gasteiger partial charge in [0.25, 0.3) is 0 Å². The summed E-state index contributed by atoms with van der Waals surface area (Å²) in [5.41, 5.74) is 0.0370. The third-order valence-electron chi connectivity index (χ3n) is 1.26. The minimum atomic E-state index is -0.763. The molecule has 0 radical (unpaired) electrons. The van der Waals surface area contributed by atoms with Crippen molar-refractivity contribution in [1.82, 2.24) is 0 Å². The second kappa shape index (κ2) is 2.60. The molecular weight excluding hydrogens is 124 g/mol. The van der Waals surface area contributed by atoms with E-state index in [-0.39, 0.29) is 5.44 Å². The Bertz CT molecular complexity index is 96.6. The van der Waals surface area contributed by atoms with Crippen LogP contribution in [0.15, 0.2) is 0 Å². The summed E-state index contributed by atoms with van der Waals surface area (Å²) in [6.45, 7) is 0.796. The molecule has 0 spiro atoms. The van der Waals surface area contributed by atoms with E-state index in [4.69, 9.17) is 4.74 Å². The second-order valence-corrected chi connectivity index (χ2v) is 3.46. The van der Waals surface area contributed by atoms with Crippen molar-refractivity contribution in [2.45, 2.75) is 18.3 Å². The van der Waals surface area contributed by atoms with E-state index in [1.165, 1.54) is 0 Å². The highest BCUT2D eigenvalue weighted by atomic mass is 32.2. The largest absolute Gasteiger partial charge is 0.365 e. The van der Waals surface area contributed by atoms with E-state index in [0.29, 0.717) is 0 Å². The number of hydrogen-bond donors (Lipinski definition) is 0. The van der Waals surface area contributed by atoms with Crippen LogP contribution in [0.25, 0.3) is 0 Å². The summed E-state index contributed by atoms with van der Waals surface area (Å²) >= 11 is 0. The lowest BCUT2D eigenvalue weighted by molar-refractivity contribution is 0.170. The molecule has 48 valence electrons. The van der Waals surface area contributed by atoms with E-state index in [1.807, 2.05) is 0 Å². The van der Waals surface area contributed by atoms with Crippen molar-refractivity contribution in [2.75, 3.05) is 12.9 Å². The van der Waals surface area contributed by atoms with Gasteiger partial charge in [-0.15, -0.1) is 0 Å². The zero-order chi connectivity index (χ0) is 5.98. The smallest absolute Gasteiger partial charge is 0.132 e. The average molecular weight is 134 g/mol. The van der Waals surface area contributed by atoms with Gasteiger partial charge in [0.15, 0.2) is 0 Å². The lowest BCUT2D eigenvalue weighted by atomic mass is 10.4. The highest BCUT2D eigenvalue weighted by Gasteiger charge is 2.17. The molecule has 0 bridgehead atoms. The minimum Gasteiger partial charge on any atom is -0.365 e. The molecule has 1 fully saturated rings. The Morgan fingerprint density at radius 1 is 1.75 bits per heavy atom. The standard InChI is InChI=1S/C5H10O2S/c1-8(6)5-3-2-4-7-5/h5H,2-4H2,1H3. The molecule has 1 rings (SSSR count). The third kappa shape index (κ3) is 1.29. The first-order chi connectivity index (χ1) is 3.80. The zero-order valence-electron chi connectivity index (χ0n) is 4.92. The fraction of sp³-hybridized carbons (Fsp3) is 1.00. The monoisotopic (exact) mass is 134 g/mol. The molecule has 2 atom stereocenters. The quantitative estimate of drug-likeness (QED) is 0.522. The molecule has 1 aliphatic rings. The number of hydrogen-bond acceptors (Lipinski definition) is 2. The van der Waals surface area contributed by atoms with Crippen LogP contribution in [-0.2, 0) is 15.5 Å². The summed E-state index contributed by atoms with van der Waals surface area (Å²) in [6, 6.07) is 0. The molecule has 0 aromatic heterocycles. The van der Waals surface area contributed by atoms with Crippen molar-refractivity contribution < 1.29 is 8.95 Å². The van der Waals surface area contributed by atoms with E-state index in [1.54, 1.807) is 6.26 Å². The molecule has 0 aromatic carbocycles. The van der Waals surface area contributed by atoms with E-state index in [2.05, 4.69) is 0 Å². The van der Waals surface area contributed by atoms with Gasteiger partial charge in [0.05, 0.1) is 0 Å². The van der Waals surface area contributed by atoms with Gasteiger partial charge in [-0.25, -0.2) is 0 Å². The van der Waals surface area contributed by atoms with Crippen LogP contribution >= 0.6 is 0 Å². The predicted octanol–water partition coefficient (Wildman–Crippen LogP) is 0.501. The SMILES string of the molecule is CS(=O)C1CCCO1. The molecule has 2 nitrogen and oxygen atoms in total. The van der Waals surface area contributed by atoms with Gasteiger partial charge in [-0.1, -0.05) is 0 Å². The number of rotatable bonds is 1. The number of ether oxygens (including phenoxy) is 1. The lowest BCUT2D eigenvalue weighted by Crippen LogP contribution is -2.10. The van der Waals surface area contributed by atoms with Crippen LogP contribution in [-0.4, -0.2) is 22.5 Å². The first-order valence-electron chi connectivity index (χ1n) is 2.74. The normalized spacial score (nSPS) is 32.9. The molecule has 0 saturated carbocycles. The Labute approximate surface area is 51.7 Å². The van der Waals surface area contributed by atoms with Crippen molar-refractivity contribution in [2.24, 2.45) is 0 Å². The topological polar surface area (TPSA) is 26.3 Å². The van der Waals surface area contributed by atoms with Crippen LogP contribution in [0.4, 0.5) is 0 Å². The van der Waals surface area contributed by atoms with Gasteiger partial charge < -0.3 is 4.74 Å². The Hall–Kier alpha value is 0.110. The molecular formula is C5H10O2S. The summed E-state index contributed by atoms with van der Waals surface area (Å²) in [6.07, 6.45) is 3.74. The van der Waals surface area contributed by atoms with Crippen LogP contribution in [0.1, 0.15) is 12.8 Å². The summed E-state index contributed by atoms with van der Waals surface area (Å²) in [7, 11) is -0.763. The summed E-state index contributed by atoms with van der Waals surface area (Å²) < 4.78 is 15.7. The maximum atomic E-state index is 10.6. The van der Waals surface area contributed by atoms with Gasteiger partial charge in [0.2, 0.25) is 0 Å². The van der Waals surface area contributed by atoms with E-state index >= 15 is 0 Å². The summed E-state index contributed by atoms with van der Waals surface area (Å²) in [4.78, 5) is 0. The van der Waals surface area contributed by atoms with Gasteiger partial charge in [-0.3, -0.25) is 4.21 Å². The molecule has 1 aliphatic heterocycles. The Balaban J connectivity index is 2.35. The maximum absolute atomic E-state index is 10.6. The fourth-order valence-corrected chi connectivity index (χ4v) is 1.60. The predicted molar refractivity (Wildman–Crippen MR) is 33.0 cm³/mol. The highest BCUT2D eigenvalue weighted by Crippen LogP contribution is 2.13. The molecule has 1 saturated heterocycles. The first kappa shape index (κ1) is 6.23. The van der Waals surface area contributed by atoms with Crippen LogP contribution in [0.2, 0.25) is 0 Å². The van der Waals surface area contributed by atoms with E-state index in [0.717, 1.165) is 19.4 Å². The van der Waals surface area contributed by atoms with Gasteiger partial charge in [0.1, 0.15) is 5.44 Å². The van der Waals surface area contributed by atoms with Gasteiger partial charge in [-0.05, 0) is 12.8 Å². The Morgan fingerprint density at radius 2 is 2.50 bits per heavy atom. The molecule has 8 heavy (non-hydrogen) atoms. The first-order valence-corrected chi connectivity index (χ1v) is 4.36. The van der Waals surface area contributed by atoms with E-state index < -0.39 is 10.8 Å². The molecule has 3 heteroatoms. The van der Waals surface area contributed by atoms with E-state index in [9.17, 15) is 4.21 Å². The molecule has 1 heterocycles. The second-order valence-electron chi connectivity index (χ2n) is 1.94. The van der Waals surface area contributed by atoms with Crippen LogP contribution < -0.4 is 0 Å². The highest BCUT2D eigenvalue weighted by molar-refractivity contribution is 7.84. The molecule has 0 aromatic rings. The lowest BCUT2D eigenvalue weighted by Gasteiger charge is -2.01. The zero-order valence-corrected chi connectivity index (χ0v) is 5.74. The van der Waals surface area contributed by atoms with Crippen molar-refractivity contribution >= 4 is 10.8 Å². The molecule has 0 amide bonds. The van der Waals surface area contributed by atoms with Gasteiger partial charge >= 0.3 is 0 Å². The fourth-order valence-electron chi connectivity index (χ4n) is 0.810. The van der Waals surface area contributed by atoms with Gasteiger partial charge in [0, 0.05) is 23.7 Å². The van der Waals surface area contributed by atoms with Crippen molar-refractivity contribution in [3.05, 3.63) is 0 Å².